The fraction of sp³-hybridized carbons (Fsp3) is 0.348. The Kier molecular flexibility index (Phi) is 6.65. The predicted molar refractivity (Wildman–Crippen MR) is 112 cm³/mol. The maximum atomic E-state index is 12.5. The summed E-state index contributed by atoms with van der Waals surface area (Å²) in [6.45, 7) is 3.17. The Bertz CT molecular complexity index is 864. The van der Waals surface area contributed by atoms with Crippen LogP contribution in [-0.2, 0) is 4.79 Å². The first-order valence-electron chi connectivity index (χ1n) is 9.52. The van der Waals surface area contributed by atoms with Crippen LogP contribution in [0, 0.1) is 6.92 Å². The molecule has 0 unspecified atom stereocenters. The van der Waals surface area contributed by atoms with Crippen LogP contribution in [0.3, 0.4) is 0 Å². The molecule has 3 rings (SSSR count). The van der Waals surface area contributed by atoms with E-state index in [4.69, 9.17) is 18.9 Å². The Balaban J connectivity index is 1.68. The number of amides is 1. The Morgan fingerprint density at radius 3 is 2.14 bits per heavy atom. The summed E-state index contributed by atoms with van der Waals surface area (Å²) in [5.41, 5.74) is 3.14. The summed E-state index contributed by atoms with van der Waals surface area (Å²) in [7, 11) is 4.86. The molecule has 1 aliphatic heterocycles. The third-order valence-corrected chi connectivity index (χ3v) is 4.98. The van der Waals surface area contributed by atoms with Gasteiger partial charge in [0.1, 0.15) is 23.0 Å². The Labute approximate surface area is 171 Å². The molecule has 2 aromatic rings. The van der Waals surface area contributed by atoms with Crippen LogP contribution in [0.4, 0.5) is 0 Å². The molecule has 0 bridgehead atoms. The summed E-state index contributed by atoms with van der Waals surface area (Å²) >= 11 is 0. The van der Waals surface area contributed by atoms with Crippen LogP contribution in [0.1, 0.15) is 17.5 Å². The van der Waals surface area contributed by atoms with Crippen molar-refractivity contribution in [1.29, 1.82) is 0 Å². The maximum absolute atomic E-state index is 12.5. The van der Waals surface area contributed by atoms with Gasteiger partial charge in [0, 0.05) is 25.2 Å². The van der Waals surface area contributed by atoms with Crippen LogP contribution in [0.2, 0.25) is 0 Å². The molecule has 0 aliphatic carbocycles. The molecule has 0 saturated heterocycles. The van der Waals surface area contributed by atoms with Crippen LogP contribution < -0.4 is 18.9 Å². The monoisotopic (exact) mass is 397 g/mol. The second-order valence-electron chi connectivity index (χ2n) is 6.83. The lowest BCUT2D eigenvalue weighted by atomic mass is 9.97. The number of carbonyl (C=O) groups is 1. The van der Waals surface area contributed by atoms with E-state index in [2.05, 4.69) is 0 Å². The zero-order valence-electron chi connectivity index (χ0n) is 17.4. The zero-order chi connectivity index (χ0) is 20.8. The number of carbonyl (C=O) groups excluding carboxylic acids is 1. The molecule has 0 atom stereocenters. The topological polar surface area (TPSA) is 57.2 Å². The van der Waals surface area contributed by atoms with Gasteiger partial charge >= 0.3 is 0 Å². The van der Waals surface area contributed by atoms with Crippen molar-refractivity contribution >= 4 is 11.5 Å². The Hall–Kier alpha value is -3.15. The van der Waals surface area contributed by atoms with Crippen molar-refractivity contribution in [3.8, 4) is 23.0 Å². The van der Waals surface area contributed by atoms with Gasteiger partial charge in [-0.2, -0.15) is 0 Å². The van der Waals surface area contributed by atoms with E-state index in [9.17, 15) is 4.79 Å². The molecule has 0 saturated carbocycles. The first-order valence-corrected chi connectivity index (χ1v) is 9.52. The van der Waals surface area contributed by atoms with Crippen molar-refractivity contribution in [2.75, 3.05) is 41.0 Å². The number of hydrogen-bond donors (Lipinski definition) is 0. The number of hydrogen-bond acceptors (Lipinski definition) is 5. The van der Waals surface area contributed by atoms with Gasteiger partial charge in [-0.25, -0.2) is 0 Å². The van der Waals surface area contributed by atoms with Gasteiger partial charge in [-0.15, -0.1) is 0 Å². The van der Waals surface area contributed by atoms with Gasteiger partial charge in [0.05, 0.1) is 26.9 Å². The number of ether oxygens (including phenoxy) is 4. The number of aryl methyl sites for hydroxylation is 1. The van der Waals surface area contributed by atoms with Crippen molar-refractivity contribution in [2.24, 2.45) is 0 Å². The van der Waals surface area contributed by atoms with Gasteiger partial charge < -0.3 is 23.8 Å². The van der Waals surface area contributed by atoms with Crippen LogP contribution in [0.25, 0.3) is 5.57 Å². The van der Waals surface area contributed by atoms with E-state index >= 15 is 0 Å². The van der Waals surface area contributed by atoms with Crippen molar-refractivity contribution in [3.63, 3.8) is 0 Å². The van der Waals surface area contributed by atoms with E-state index in [-0.39, 0.29) is 12.5 Å². The second kappa shape index (κ2) is 9.37. The average Bonchev–Trinajstić information content (AvgIpc) is 2.77. The fourth-order valence-electron chi connectivity index (χ4n) is 3.32. The Morgan fingerprint density at radius 1 is 0.966 bits per heavy atom. The molecular weight excluding hydrogens is 370 g/mol. The zero-order valence-corrected chi connectivity index (χ0v) is 17.4. The molecule has 1 aliphatic rings. The Morgan fingerprint density at radius 2 is 1.62 bits per heavy atom. The molecule has 0 aromatic heterocycles. The normalized spacial score (nSPS) is 13.5. The molecule has 0 spiro atoms. The van der Waals surface area contributed by atoms with Gasteiger partial charge in [-0.3, -0.25) is 4.79 Å². The van der Waals surface area contributed by atoms with Crippen LogP contribution in [0.15, 0.2) is 42.5 Å². The number of benzene rings is 2. The number of nitrogens with zero attached hydrogens (tertiary/aromatic N) is 1. The number of methoxy groups -OCH3 is 3. The first kappa shape index (κ1) is 20.6. The summed E-state index contributed by atoms with van der Waals surface area (Å²) in [5.74, 6) is 2.72. The predicted octanol–water partition coefficient (Wildman–Crippen LogP) is 3.72. The van der Waals surface area contributed by atoms with E-state index in [0.29, 0.717) is 42.5 Å². The summed E-state index contributed by atoms with van der Waals surface area (Å²) in [4.78, 5) is 14.3. The fourth-order valence-corrected chi connectivity index (χ4v) is 3.32. The summed E-state index contributed by atoms with van der Waals surface area (Å²) in [6, 6.07) is 11.4. The van der Waals surface area contributed by atoms with E-state index in [1.54, 1.807) is 26.2 Å². The molecule has 0 N–H and O–H groups in total. The highest BCUT2D eigenvalue weighted by Gasteiger charge is 2.23. The third-order valence-electron chi connectivity index (χ3n) is 4.98. The van der Waals surface area contributed by atoms with Crippen LogP contribution in [0.5, 0.6) is 23.0 Å². The molecule has 154 valence electrons. The molecule has 0 radical (unpaired) electrons. The highest BCUT2D eigenvalue weighted by Crippen LogP contribution is 2.40. The van der Waals surface area contributed by atoms with Crippen molar-refractivity contribution in [2.45, 2.75) is 13.3 Å². The standard InChI is InChI=1S/C23H27NO5/c1-16-5-7-18(8-6-16)29-15-22(25)24-11-9-17(10-12-24)23-20(27-3)13-19(26-2)14-21(23)28-4/h5-9,13-14H,10-12,15H2,1-4H3. The second-order valence-corrected chi connectivity index (χ2v) is 6.83. The van der Waals surface area contributed by atoms with E-state index in [0.717, 1.165) is 16.7 Å². The summed E-state index contributed by atoms with van der Waals surface area (Å²) < 4.78 is 22.0. The molecule has 1 amide bonds. The molecule has 2 aromatic carbocycles. The van der Waals surface area contributed by atoms with Gasteiger partial charge in [-0.05, 0) is 31.1 Å². The van der Waals surface area contributed by atoms with E-state index in [1.807, 2.05) is 49.4 Å². The van der Waals surface area contributed by atoms with Gasteiger partial charge in [0.15, 0.2) is 6.61 Å². The lowest BCUT2D eigenvalue weighted by Gasteiger charge is -2.28. The molecule has 29 heavy (non-hydrogen) atoms. The van der Waals surface area contributed by atoms with E-state index in [1.165, 1.54) is 0 Å². The highest BCUT2D eigenvalue weighted by molar-refractivity contribution is 5.81. The summed E-state index contributed by atoms with van der Waals surface area (Å²) in [5, 5.41) is 0. The van der Waals surface area contributed by atoms with Crippen molar-refractivity contribution < 1.29 is 23.7 Å². The van der Waals surface area contributed by atoms with Crippen molar-refractivity contribution in [1.82, 2.24) is 4.90 Å². The molecule has 6 heteroatoms. The maximum Gasteiger partial charge on any atom is 0.260 e. The minimum Gasteiger partial charge on any atom is -0.496 e. The minimum absolute atomic E-state index is 0.0292. The van der Waals surface area contributed by atoms with Gasteiger partial charge in [0.2, 0.25) is 0 Å². The van der Waals surface area contributed by atoms with Gasteiger partial charge in [0.25, 0.3) is 5.91 Å². The summed E-state index contributed by atoms with van der Waals surface area (Å²) in [6.07, 6.45) is 2.75. The molecule has 6 nitrogen and oxygen atoms in total. The molecule has 0 fully saturated rings. The van der Waals surface area contributed by atoms with Crippen molar-refractivity contribution in [3.05, 3.63) is 53.6 Å². The number of rotatable bonds is 7. The lowest BCUT2D eigenvalue weighted by Crippen LogP contribution is -2.37. The smallest absolute Gasteiger partial charge is 0.260 e. The largest absolute Gasteiger partial charge is 0.496 e. The molecule has 1 heterocycles. The minimum atomic E-state index is -0.0328. The highest BCUT2D eigenvalue weighted by atomic mass is 16.5. The van der Waals surface area contributed by atoms with Crippen LogP contribution >= 0.6 is 0 Å². The van der Waals surface area contributed by atoms with E-state index < -0.39 is 0 Å². The van der Waals surface area contributed by atoms with Crippen LogP contribution in [-0.4, -0.2) is 51.8 Å². The SMILES string of the molecule is COc1cc(OC)c(C2=CCN(C(=O)COc3ccc(C)cc3)CC2)c(OC)c1. The quantitative estimate of drug-likeness (QED) is 0.713. The first-order chi connectivity index (χ1) is 14.0. The lowest BCUT2D eigenvalue weighted by molar-refractivity contribution is -0.132. The molecular formula is C23H27NO5. The third kappa shape index (κ3) is 4.83. The average molecular weight is 397 g/mol. The van der Waals surface area contributed by atoms with Gasteiger partial charge in [-0.1, -0.05) is 23.8 Å².